The number of benzene rings is 1. The minimum atomic E-state index is 0.0435. The molecule has 0 radical (unpaired) electrons. The molecule has 0 saturated carbocycles. The Bertz CT molecular complexity index is 519. The molecule has 2 rings (SSSR count). The number of Topliss-reactive ketones (excluding diaryl/α,β-unsaturated/α-hetero) is 1. The molecular formula is C19H28N2O2. The number of hydrogen-bond donors (Lipinski definition) is 0. The fourth-order valence-corrected chi connectivity index (χ4v) is 3.16. The lowest BCUT2D eigenvalue weighted by Gasteiger charge is -2.38. The van der Waals surface area contributed by atoms with E-state index in [1.54, 1.807) is 12.1 Å². The Morgan fingerprint density at radius 1 is 1.13 bits per heavy atom. The van der Waals surface area contributed by atoms with Crippen LogP contribution in [-0.4, -0.2) is 53.7 Å². The summed E-state index contributed by atoms with van der Waals surface area (Å²) in [5, 5.41) is 0. The van der Waals surface area contributed by atoms with Crippen molar-refractivity contribution in [2.75, 3.05) is 20.1 Å². The van der Waals surface area contributed by atoms with E-state index in [2.05, 4.69) is 18.7 Å². The Labute approximate surface area is 139 Å². The molecule has 1 saturated heterocycles. The average molecular weight is 316 g/mol. The number of piperidine rings is 1. The van der Waals surface area contributed by atoms with Gasteiger partial charge < -0.3 is 9.80 Å². The molecule has 0 spiro atoms. The van der Waals surface area contributed by atoms with Crippen molar-refractivity contribution in [3.05, 3.63) is 35.9 Å². The highest BCUT2D eigenvalue weighted by atomic mass is 16.2. The topological polar surface area (TPSA) is 40.6 Å². The zero-order valence-electron chi connectivity index (χ0n) is 14.5. The smallest absolute Gasteiger partial charge is 0.223 e. The largest absolute Gasteiger partial charge is 0.343 e. The molecule has 0 aromatic heterocycles. The van der Waals surface area contributed by atoms with Gasteiger partial charge in [0, 0.05) is 50.6 Å². The lowest BCUT2D eigenvalue weighted by molar-refractivity contribution is -0.132. The van der Waals surface area contributed by atoms with Gasteiger partial charge in [0.2, 0.25) is 5.91 Å². The number of carbonyl (C=O) groups is 2. The molecule has 0 N–H and O–H groups in total. The van der Waals surface area contributed by atoms with Crippen molar-refractivity contribution >= 4 is 11.7 Å². The summed E-state index contributed by atoms with van der Waals surface area (Å²) in [5.74, 6) is 0.124. The highest BCUT2D eigenvalue weighted by Gasteiger charge is 2.26. The first-order chi connectivity index (χ1) is 11.0. The van der Waals surface area contributed by atoms with Gasteiger partial charge in [-0.2, -0.15) is 0 Å². The van der Waals surface area contributed by atoms with Gasteiger partial charge in [-0.3, -0.25) is 9.59 Å². The quantitative estimate of drug-likeness (QED) is 0.758. The first-order valence-corrected chi connectivity index (χ1v) is 8.57. The van der Waals surface area contributed by atoms with E-state index in [9.17, 15) is 9.59 Å². The van der Waals surface area contributed by atoms with Crippen molar-refractivity contribution in [3.63, 3.8) is 0 Å². The van der Waals surface area contributed by atoms with Crippen molar-refractivity contribution in [3.8, 4) is 0 Å². The minimum Gasteiger partial charge on any atom is -0.343 e. The first kappa shape index (κ1) is 17.7. The molecule has 4 heteroatoms. The highest BCUT2D eigenvalue weighted by Crippen LogP contribution is 2.18. The lowest BCUT2D eigenvalue weighted by Crippen LogP contribution is -2.47. The van der Waals surface area contributed by atoms with Crippen molar-refractivity contribution in [1.29, 1.82) is 0 Å². The van der Waals surface area contributed by atoms with Gasteiger partial charge >= 0.3 is 0 Å². The normalized spacial score (nSPS) is 16.5. The van der Waals surface area contributed by atoms with Crippen LogP contribution < -0.4 is 0 Å². The summed E-state index contributed by atoms with van der Waals surface area (Å²) in [6.07, 6.45) is 2.63. The molecule has 1 aliphatic heterocycles. The first-order valence-electron chi connectivity index (χ1n) is 8.57. The Morgan fingerprint density at radius 3 is 2.30 bits per heavy atom. The minimum absolute atomic E-state index is 0.0435. The summed E-state index contributed by atoms with van der Waals surface area (Å²) in [7, 11) is 1.88. The standard InChI is InChI=1S/C19H28N2O2/c1-15(2)21-13-11-17(12-14-21)20(3)19(23)10-9-18(22)16-7-5-4-6-8-16/h4-8,15,17H,9-14H2,1-3H3. The van der Waals surface area contributed by atoms with E-state index < -0.39 is 0 Å². The molecule has 1 aromatic carbocycles. The monoisotopic (exact) mass is 316 g/mol. The maximum atomic E-state index is 12.4. The summed E-state index contributed by atoms with van der Waals surface area (Å²) in [6, 6.07) is 10.1. The number of rotatable bonds is 6. The third-order valence-electron chi connectivity index (χ3n) is 4.83. The van der Waals surface area contributed by atoms with Gasteiger partial charge in [0.1, 0.15) is 0 Å². The zero-order valence-corrected chi connectivity index (χ0v) is 14.5. The maximum absolute atomic E-state index is 12.4. The second-order valence-electron chi connectivity index (χ2n) is 6.65. The molecule has 0 atom stereocenters. The second-order valence-corrected chi connectivity index (χ2v) is 6.65. The predicted molar refractivity (Wildman–Crippen MR) is 92.5 cm³/mol. The van der Waals surface area contributed by atoms with Gasteiger partial charge in [-0.25, -0.2) is 0 Å². The van der Waals surface area contributed by atoms with Gasteiger partial charge in [-0.15, -0.1) is 0 Å². The van der Waals surface area contributed by atoms with Gasteiger partial charge in [0.25, 0.3) is 0 Å². The lowest BCUT2D eigenvalue weighted by atomic mass is 10.0. The highest BCUT2D eigenvalue weighted by molar-refractivity contribution is 5.97. The number of carbonyl (C=O) groups excluding carboxylic acids is 2. The molecule has 23 heavy (non-hydrogen) atoms. The summed E-state index contributed by atoms with van der Waals surface area (Å²) < 4.78 is 0. The SMILES string of the molecule is CC(C)N1CCC(N(C)C(=O)CCC(=O)c2ccccc2)CC1. The number of hydrogen-bond acceptors (Lipinski definition) is 3. The Hall–Kier alpha value is -1.68. The van der Waals surface area contributed by atoms with Crippen LogP contribution in [0.2, 0.25) is 0 Å². The summed E-state index contributed by atoms with van der Waals surface area (Å²) in [4.78, 5) is 28.8. The molecule has 1 aromatic rings. The Kier molecular flexibility index (Phi) is 6.34. The van der Waals surface area contributed by atoms with Crippen LogP contribution in [0.15, 0.2) is 30.3 Å². The number of amides is 1. The van der Waals surface area contributed by atoms with E-state index in [1.807, 2.05) is 30.1 Å². The molecule has 1 heterocycles. The van der Waals surface area contributed by atoms with Gasteiger partial charge in [0.05, 0.1) is 0 Å². The zero-order chi connectivity index (χ0) is 16.8. The fraction of sp³-hybridized carbons (Fsp3) is 0.579. The van der Waals surface area contributed by atoms with Crippen molar-refractivity contribution in [2.24, 2.45) is 0 Å². The van der Waals surface area contributed by atoms with Crippen LogP contribution in [0, 0.1) is 0 Å². The number of likely N-dealkylation sites (tertiary alicyclic amines) is 1. The van der Waals surface area contributed by atoms with Gasteiger partial charge in [-0.1, -0.05) is 30.3 Å². The van der Waals surface area contributed by atoms with Crippen molar-refractivity contribution in [2.45, 2.75) is 51.6 Å². The molecular weight excluding hydrogens is 288 g/mol. The Morgan fingerprint density at radius 2 is 1.74 bits per heavy atom. The second kappa shape index (κ2) is 8.25. The molecule has 1 amide bonds. The molecule has 4 nitrogen and oxygen atoms in total. The van der Waals surface area contributed by atoms with E-state index in [0.29, 0.717) is 24.1 Å². The average Bonchev–Trinajstić information content (AvgIpc) is 2.59. The predicted octanol–water partition coefficient (Wildman–Crippen LogP) is 2.98. The third-order valence-corrected chi connectivity index (χ3v) is 4.83. The van der Waals surface area contributed by atoms with Crippen LogP contribution in [0.25, 0.3) is 0 Å². The van der Waals surface area contributed by atoms with E-state index >= 15 is 0 Å². The van der Waals surface area contributed by atoms with Gasteiger partial charge in [0.15, 0.2) is 5.78 Å². The summed E-state index contributed by atoms with van der Waals surface area (Å²) >= 11 is 0. The van der Waals surface area contributed by atoms with E-state index in [0.717, 1.165) is 25.9 Å². The molecule has 1 aliphatic rings. The molecule has 0 unspecified atom stereocenters. The van der Waals surface area contributed by atoms with E-state index in [1.165, 1.54) is 0 Å². The van der Waals surface area contributed by atoms with Crippen LogP contribution in [-0.2, 0) is 4.79 Å². The maximum Gasteiger partial charge on any atom is 0.223 e. The van der Waals surface area contributed by atoms with Gasteiger partial charge in [-0.05, 0) is 26.7 Å². The third kappa shape index (κ3) is 4.90. The molecule has 0 bridgehead atoms. The van der Waals surface area contributed by atoms with Crippen molar-refractivity contribution in [1.82, 2.24) is 9.80 Å². The van der Waals surface area contributed by atoms with Crippen LogP contribution in [0.5, 0.6) is 0 Å². The van der Waals surface area contributed by atoms with Crippen LogP contribution in [0.1, 0.15) is 49.9 Å². The molecule has 0 aliphatic carbocycles. The summed E-state index contributed by atoms with van der Waals surface area (Å²) in [5.41, 5.74) is 0.688. The number of ketones is 1. The number of nitrogens with zero attached hydrogens (tertiary/aromatic N) is 2. The fourth-order valence-electron chi connectivity index (χ4n) is 3.16. The molecule has 126 valence electrons. The molecule has 1 fully saturated rings. The van der Waals surface area contributed by atoms with E-state index in [4.69, 9.17) is 0 Å². The van der Waals surface area contributed by atoms with Crippen LogP contribution in [0.4, 0.5) is 0 Å². The van der Waals surface area contributed by atoms with Crippen molar-refractivity contribution < 1.29 is 9.59 Å². The van der Waals surface area contributed by atoms with Crippen LogP contribution in [0.3, 0.4) is 0 Å². The van der Waals surface area contributed by atoms with Crippen LogP contribution >= 0.6 is 0 Å². The van der Waals surface area contributed by atoms with E-state index in [-0.39, 0.29) is 18.1 Å². The Balaban J connectivity index is 1.78. The summed E-state index contributed by atoms with van der Waals surface area (Å²) in [6.45, 7) is 6.51.